The number of hydrogen-bond acceptors (Lipinski definition) is 3. The van der Waals surface area contributed by atoms with Crippen molar-refractivity contribution in [3.8, 4) is 5.75 Å². The molecule has 1 rings (SSSR count). The van der Waals surface area contributed by atoms with E-state index in [-0.39, 0.29) is 10.6 Å². The molecule has 1 N–H and O–H groups in total. The van der Waals surface area contributed by atoms with E-state index in [2.05, 4.69) is 15.9 Å². The standard InChI is InChI=1S/C13H13BrO4/c1-8(14)13(17)11-7-10(18-2)5-3-9(11)4-6-12(15)16/h3-8H,1-2H3,(H,15,16). The van der Waals surface area contributed by atoms with Crippen LogP contribution in [0, 0.1) is 0 Å². The maximum atomic E-state index is 12.0. The zero-order valence-corrected chi connectivity index (χ0v) is 11.6. The Hall–Kier alpha value is -1.62. The minimum Gasteiger partial charge on any atom is -0.497 e. The highest BCUT2D eigenvalue weighted by molar-refractivity contribution is 9.10. The summed E-state index contributed by atoms with van der Waals surface area (Å²) < 4.78 is 5.06. The first-order chi connectivity index (χ1) is 8.45. The summed E-state index contributed by atoms with van der Waals surface area (Å²) in [6, 6.07) is 4.93. The molecule has 0 aliphatic heterocycles. The number of carbonyl (C=O) groups excluding carboxylic acids is 1. The quantitative estimate of drug-likeness (QED) is 0.516. The summed E-state index contributed by atoms with van der Waals surface area (Å²) in [7, 11) is 1.51. The summed E-state index contributed by atoms with van der Waals surface area (Å²) in [5.74, 6) is -0.631. The van der Waals surface area contributed by atoms with Crippen molar-refractivity contribution >= 4 is 33.8 Å². The van der Waals surface area contributed by atoms with E-state index in [0.29, 0.717) is 16.9 Å². The van der Waals surface area contributed by atoms with E-state index in [1.165, 1.54) is 13.2 Å². The fourth-order valence-electron chi connectivity index (χ4n) is 1.40. The van der Waals surface area contributed by atoms with Gasteiger partial charge in [-0.3, -0.25) is 4.79 Å². The smallest absolute Gasteiger partial charge is 0.328 e. The Morgan fingerprint density at radius 1 is 1.44 bits per heavy atom. The lowest BCUT2D eigenvalue weighted by Gasteiger charge is -2.09. The van der Waals surface area contributed by atoms with Crippen LogP contribution in [0.1, 0.15) is 22.8 Å². The Bertz CT molecular complexity index is 492. The molecule has 0 saturated carbocycles. The van der Waals surface area contributed by atoms with Gasteiger partial charge in [-0.05, 0) is 30.7 Å². The number of rotatable bonds is 5. The molecule has 1 atom stereocenters. The molecule has 0 spiro atoms. The highest BCUT2D eigenvalue weighted by Gasteiger charge is 2.16. The zero-order chi connectivity index (χ0) is 13.7. The molecular weight excluding hydrogens is 300 g/mol. The van der Waals surface area contributed by atoms with E-state index in [4.69, 9.17) is 9.84 Å². The van der Waals surface area contributed by atoms with Crippen molar-refractivity contribution in [3.63, 3.8) is 0 Å². The fraction of sp³-hybridized carbons (Fsp3) is 0.231. The third-order valence-corrected chi connectivity index (χ3v) is 2.71. The topological polar surface area (TPSA) is 63.6 Å². The molecule has 0 aliphatic carbocycles. The molecule has 0 aromatic heterocycles. The molecule has 96 valence electrons. The number of halogens is 1. The fourth-order valence-corrected chi connectivity index (χ4v) is 1.64. The Balaban J connectivity index is 3.24. The van der Waals surface area contributed by atoms with E-state index in [9.17, 15) is 9.59 Å². The molecular formula is C13H13BrO4. The van der Waals surface area contributed by atoms with Crippen LogP contribution in [0.25, 0.3) is 6.08 Å². The Morgan fingerprint density at radius 3 is 2.61 bits per heavy atom. The lowest BCUT2D eigenvalue weighted by Crippen LogP contribution is -2.11. The second kappa shape index (κ2) is 6.35. The summed E-state index contributed by atoms with van der Waals surface area (Å²) in [5.41, 5.74) is 0.978. The Labute approximate surface area is 113 Å². The predicted octanol–water partition coefficient (Wildman–Crippen LogP) is 2.76. The van der Waals surface area contributed by atoms with Crippen LogP contribution in [0.15, 0.2) is 24.3 Å². The molecule has 0 aliphatic rings. The highest BCUT2D eigenvalue weighted by atomic mass is 79.9. The van der Waals surface area contributed by atoms with Crippen molar-refractivity contribution in [2.45, 2.75) is 11.8 Å². The summed E-state index contributed by atoms with van der Waals surface area (Å²) in [6.45, 7) is 1.71. The average Bonchev–Trinajstić information content (AvgIpc) is 2.35. The third kappa shape index (κ3) is 3.70. The molecule has 5 heteroatoms. The van der Waals surface area contributed by atoms with Crippen LogP contribution in [0.4, 0.5) is 0 Å². The van der Waals surface area contributed by atoms with Crippen LogP contribution in [-0.2, 0) is 4.79 Å². The van der Waals surface area contributed by atoms with E-state index >= 15 is 0 Å². The molecule has 0 saturated heterocycles. The van der Waals surface area contributed by atoms with Crippen molar-refractivity contribution in [1.82, 2.24) is 0 Å². The average molecular weight is 313 g/mol. The molecule has 0 radical (unpaired) electrons. The molecule has 0 bridgehead atoms. The number of hydrogen-bond donors (Lipinski definition) is 1. The second-order valence-electron chi connectivity index (χ2n) is 3.61. The maximum Gasteiger partial charge on any atom is 0.328 e. The van der Waals surface area contributed by atoms with Gasteiger partial charge in [0.15, 0.2) is 5.78 Å². The number of ether oxygens (including phenoxy) is 1. The number of Topliss-reactive ketones (excluding diaryl/α,β-unsaturated/α-hetero) is 1. The first-order valence-electron chi connectivity index (χ1n) is 5.23. The lowest BCUT2D eigenvalue weighted by atomic mass is 10.0. The monoisotopic (exact) mass is 312 g/mol. The molecule has 0 amide bonds. The number of methoxy groups -OCH3 is 1. The minimum atomic E-state index is -1.06. The van der Waals surface area contributed by atoms with E-state index < -0.39 is 5.97 Å². The van der Waals surface area contributed by atoms with Gasteiger partial charge in [0.25, 0.3) is 0 Å². The summed E-state index contributed by atoms with van der Waals surface area (Å²) in [4.78, 5) is 22.2. The van der Waals surface area contributed by atoms with Crippen LogP contribution < -0.4 is 4.74 Å². The molecule has 0 heterocycles. The SMILES string of the molecule is COc1ccc(C=CC(=O)O)c(C(=O)C(C)Br)c1. The maximum absolute atomic E-state index is 12.0. The van der Waals surface area contributed by atoms with Gasteiger partial charge in [-0.15, -0.1) is 0 Å². The van der Waals surface area contributed by atoms with Gasteiger partial charge in [0.1, 0.15) is 5.75 Å². The molecule has 1 unspecified atom stereocenters. The number of carboxylic acids is 1. The minimum absolute atomic E-state index is 0.126. The highest BCUT2D eigenvalue weighted by Crippen LogP contribution is 2.22. The Kier molecular flexibility index (Phi) is 5.09. The van der Waals surface area contributed by atoms with Gasteiger partial charge in [0.05, 0.1) is 11.9 Å². The van der Waals surface area contributed by atoms with Crippen molar-refractivity contribution in [3.05, 3.63) is 35.4 Å². The predicted molar refractivity (Wildman–Crippen MR) is 72.4 cm³/mol. The largest absolute Gasteiger partial charge is 0.497 e. The van der Waals surface area contributed by atoms with Crippen LogP contribution >= 0.6 is 15.9 Å². The van der Waals surface area contributed by atoms with Crippen LogP contribution in [-0.4, -0.2) is 28.8 Å². The summed E-state index contributed by atoms with van der Waals surface area (Å²) in [6.07, 6.45) is 2.39. The number of carboxylic acid groups (broad SMARTS) is 1. The number of carbonyl (C=O) groups is 2. The third-order valence-electron chi connectivity index (χ3n) is 2.29. The van der Waals surface area contributed by atoms with Gasteiger partial charge in [0.2, 0.25) is 0 Å². The van der Waals surface area contributed by atoms with Crippen LogP contribution in [0.3, 0.4) is 0 Å². The van der Waals surface area contributed by atoms with Gasteiger partial charge >= 0.3 is 5.97 Å². The van der Waals surface area contributed by atoms with Crippen molar-refractivity contribution in [2.75, 3.05) is 7.11 Å². The molecule has 18 heavy (non-hydrogen) atoms. The molecule has 4 nitrogen and oxygen atoms in total. The normalized spacial score (nSPS) is 12.4. The van der Waals surface area contributed by atoms with Crippen molar-refractivity contribution < 1.29 is 19.4 Å². The van der Waals surface area contributed by atoms with E-state index in [1.807, 2.05) is 0 Å². The molecule has 1 aromatic rings. The molecule has 1 aromatic carbocycles. The van der Waals surface area contributed by atoms with Gasteiger partial charge in [-0.25, -0.2) is 4.79 Å². The van der Waals surface area contributed by atoms with E-state index in [0.717, 1.165) is 6.08 Å². The van der Waals surface area contributed by atoms with Crippen molar-refractivity contribution in [1.29, 1.82) is 0 Å². The van der Waals surface area contributed by atoms with Gasteiger partial charge in [-0.2, -0.15) is 0 Å². The number of alkyl halides is 1. The number of ketones is 1. The zero-order valence-electron chi connectivity index (χ0n) is 10.0. The Morgan fingerprint density at radius 2 is 2.11 bits per heavy atom. The summed E-state index contributed by atoms with van der Waals surface area (Å²) in [5, 5.41) is 8.61. The number of aliphatic carboxylic acids is 1. The van der Waals surface area contributed by atoms with Gasteiger partial charge in [-0.1, -0.05) is 22.0 Å². The molecule has 0 fully saturated rings. The first kappa shape index (κ1) is 14.4. The summed E-state index contributed by atoms with van der Waals surface area (Å²) >= 11 is 3.21. The van der Waals surface area contributed by atoms with Gasteiger partial charge < -0.3 is 9.84 Å². The first-order valence-corrected chi connectivity index (χ1v) is 6.14. The van der Waals surface area contributed by atoms with Gasteiger partial charge in [0, 0.05) is 11.6 Å². The van der Waals surface area contributed by atoms with Crippen molar-refractivity contribution in [2.24, 2.45) is 0 Å². The second-order valence-corrected chi connectivity index (χ2v) is 4.98. The van der Waals surface area contributed by atoms with Crippen LogP contribution in [0.2, 0.25) is 0 Å². The van der Waals surface area contributed by atoms with Crippen LogP contribution in [0.5, 0.6) is 5.75 Å². The van der Waals surface area contributed by atoms with E-state index in [1.54, 1.807) is 25.1 Å². The lowest BCUT2D eigenvalue weighted by molar-refractivity contribution is -0.131. The number of benzene rings is 1.